The highest BCUT2D eigenvalue weighted by Gasteiger charge is 2.32. The lowest BCUT2D eigenvalue weighted by Crippen LogP contribution is -2.45. The molecule has 6 nitrogen and oxygen atoms in total. The molecule has 21 heavy (non-hydrogen) atoms. The fraction of sp³-hybridized carbons (Fsp3) is 0.429. The lowest BCUT2D eigenvalue weighted by atomic mass is 10.0. The molecule has 1 aromatic heterocycles. The van der Waals surface area contributed by atoms with E-state index in [1.807, 2.05) is 19.1 Å². The van der Waals surface area contributed by atoms with E-state index in [0.717, 1.165) is 9.75 Å². The average Bonchev–Trinajstić information content (AvgIpc) is 2.84. The summed E-state index contributed by atoms with van der Waals surface area (Å²) in [5.41, 5.74) is 0.935. The third-order valence-electron chi connectivity index (χ3n) is 3.06. The molecule has 0 aliphatic carbocycles. The number of hydrogen-bond acceptors (Lipinski definition) is 5. The van der Waals surface area contributed by atoms with Crippen LogP contribution in [-0.4, -0.2) is 32.3 Å². The molecule has 2 heterocycles. The minimum atomic E-state index is -0.479. The van der Waals surface area contributed by atoms with E-state index in [1.165, 1.54) is 18.4 Å². The van der Waals surface area contributed by atoms with E-state index in [1.54, 1.807) is 6.92 Å². The van der Waals surface area contributed by atoms with Crippen LogP contribution in [0.2, 0.25) is 0 Å². The number of urea groups is 1. The molecule has 1 aliphatic rings. The van der Waals surface area contributed by atoms with Gasteiger partial charge in [-0.2, -0.15) is 0 Å². The van der Waals surface area contributed by atoms with Crippen LogP contribution in [0, 0.1) is 6.92 Å². The van der Waals surface area contributed by atoms with Crippen molar-refractivity contribution in [2.24, 2.45) is 0 Å². The number of nitrogens with one attached hydrogen (secondary N) is 2. The highest BCUT2D eigenvalue weighted by molar-refractivity contribution is 7.12. The molecule has 0 bridgehead atoms. The molecule has 0 radical (unpaired) electrons. The van der Waals surface area contributed by atoms with E-state index in [-0.39, 0.29) is 12.6 Å². The highest BCUT2D eigenvalue weighted by atomic mass is 32.1. The molecule has 2 N–H and O–H groups in total. The van der Waals surface area contributed by atoms with Gasteiger partial charge in [-0.15, -0.1) is 11.3 Å². The summed E-state index contributed by atoms with van der Waals surface area (Å²) in [6, 6.07) is 3.06. The van der Waals surface area contributed by atoms with E-state index in [0.29, 0.717) is 17.9 Å². The van der Waals surface area contributed by atoms with Gasteiger partial charge in [-0.25, -0.2) is 9.59 Å². The van der Waals surface area contributed by atoms with Crippen molar-refractivity contribution in [1.29, 1.82) is 0 Å². The Hall–Kier alpha value is -1.86. The molecule has 1 aromatic rings. The Morgan fingerprint density at radius 1 is 1.33 bits per heavy atom. The van der Waals surface area contributed by atoms with Crippen molar-refractivity contribution in [1.82, 2.24) is 10.6 Å². The monoisotopic (exact) mass is 310 g/mol. The van der Waals surface area contributed by atoms with Crippen LogP contribution in [0.1, 0.15) is 22.7 Å². The zero-order chi connectivity index (χ0) is 15.4. The second-order valence-electron chi connectivity index (χ2n) is 4.65. The van der Waals surface area contributed by atoms with E-state index >= 15 is 0 Å². The number of methoxy groups -OCH3 is 1. The lowest BCUT2D eigenvalue weighted by molar-refractivity contribution is -0.140. The summed E-state index contributed by atoms with van der Waals surface area (Å²) >= 11 is 1.54. The minimum Gasteiger partial charge on any atom is -0.460 e. The number of allylic oxidation sites excluding steroid dienone is 1. The van der Waals surface area contributed by atoms with Crippen LogP contribution < -0.4 is 10.6 Å². The SMILES string of the molecule is COCCOC(=O)C1=C(C)NC(=O)NC1c1ccc(C)s1. The van der Waals surface area contributed by atoms with Gasteiger partial charge >= 0.3 is 12.0 Å². The number of carbonyl (C=O) groups is 2. The molecule has 7 heteroatoms. The largest absolute Gasteiger partial charge is 0.460 e. The Kier molecular flexibility index (Phi) is 4.98. The number of carbonyl (C=O) groups excluding carboxylic acids is 2. The van der Waals surface area contributed by atoms with Gasteiger partial charge in [-0.3, -0.25) is 0 Å². The molecule has 0 saturated carbocycles. The van der Waals surface area contributed by atoms with Gasteiger partial charge in [0.1, 0.15) is 6.61 Å². The third kappa shape index (κ3) is 3.62. The smallest absolute Gasteiger partial charge is 0.338 e. The van der Waals surface area contributed by atoms with Crippen molar-refractivity contribution in [3.05, 3.63) is 33.2 Å². The number of rotatable bonds is 5. The van der Waals surface area contributed by atoms with Crippen LogP contribution in [0.3, 0.4) is 0 Å². The summed E-state index contributed by atoms with van der Waals surface area (Å²) in [5, 5.41) is 5.38. The fourth-order valence-corrected chi connectivity index (χ4v) is 3.02. The van der Waals surface area contributed by atoms with E-state index in [9.17, 15) is 9.59 Å². The van der Waals surface area contributed by atoms with Crippen LogP contribution in [0.15, 0.2) is 23.4 Å². The highest BCUT2D eigenvalue weighted by Crippen LogP contribution is 2.31. The van der Waals surface area contributed by atoms with Crippen LogP contribution >= 0.6 is 11.3 Å². The standard InChI is InChI=1S/C14H18N2O4S/c1-8-4-5-10(21-8)12-11(9(2)15-14(18)16-12)13(17)20-7-6-19-3/h4-5,12H,6-7H2,1-3H3,(H2,15,16,18). The molecule has 2 rings (SSSR count). The summed E-state index contributed by atoms with van der Waals surface area (Å²) in [7, 11) is 1.54. The molecule has 2 amide bonds. The van der Waals surface area contributed by atoms with Gasteiger partial charge in [0.15, 0.2) is 0 Å². The maximum Gasteiger partial charge on any atom is 0.338 e. The summed E-state index contributed by atoms with van der Waals surface area (Å²) < 4.78 is 10.0. The van der Waals surface area contributed by atoms with Gasteiger partial charge in [-0.05, 0) is 26.0 Å². The first-order valence-electron chi connectivity index (χ1n) is 6.53. The van der Waals surface area contributed by atoms with Crippen molar-refractivity contribution in [3.8, 4) is 0 Å². The number of aryl methyl sites for hydroxylation is 1. The molecule has 1 unspecified atom stereocenters. The van der Waals surface area contributed by atoms with Crippen molar-refractivity contribution in [2.75, 3.05) is 20.3 Å². The molecular weight excluding hydrogens is 292 g/mol. The summed E-state index contributed by atoms with van der Waals surface area (Å²) in [4.78, 5) is 25.9. The van der Waals surface area contributed by atoms with Crippen molar-refractivity contribution in [2.45, 2.75) is 19.9 Å². The second-order valence-corrected chi connectivity index (χ2v) is 5.97. The molecule has 1 aliphatic heterocycles. The predicted octanol–water partition coefficient (Wildman–Crippen LogP) is 1.87. The minimum absolute atomic E-state index is 0.177. The normalized spacial score (nSPS) is 18.2. The van der Waals surface area contributed by atoms with Gasteiger partial charge in [0.05, 0.1) is 18.2 Å². The van der Waals surface area contributed by atoms with E-state index in [4.69, 9.17) is 9.47 Å². The Balaban J connectivity index is 2.26. The zero-order valence-corrected chi connectivity index (χ0v) is 13.0. The van der Waals surface area contributed by atoms with Gasteiger partial charge < -0.3 is 20.1 Å². The van der Waals surface area contributed by atoms with Gasteiger partial charge in [-0.1, -0.05) is 0 Å². The van der Waals surface area contributed by atoms with Crippen LogP contribution in [0.5, 0.6) is 0 Å². The molecule has 1 atom stereocenters. The Morgan fingerprint density at radius 3 is 2.71 bits per heavy atom. The lowest BCUT2D eigenvalue weighted by Gasteiger charge is -2.27. The molecular formula is C14H18N2O4S. The quantitative estimate of drug-likeness (QED) is 0.643. The Labute approximate surface area is 127 Å². The summed E-state index contributed by atoms with van der Waals surface area (Å²) in [6.45, 7) is 4.18. The molecule has 0 spiro atoms. The first-order chi connectivity index (χ1) is 10.0. The molecule has 0 aromatic carbocycles. The van der Waals surface area contributed by atoms with Crippen molar-refractivity contribution >= 4 is 23.3 Å². The third-order valence-corrected chi connectivity index (χ3v) is 4.12. The first kappa shape index (κ1) is 15.5. The molecule has 0 saturated heterocycles. The molecule has 114 valence electrons. The van der Waals surface area contributed by atoms with Gasteiger partial charge in [0.2, 0.25) is 0 Å². The number of thiophene rings is 1. The van der Waals surface area contributed by atoms with Crippen LogP contribution in [0.4, 0.5) is 4.79 Å². The van der Waals surface area contributed by atoms with Gasteiger partial charge in [0, 0.05) is 22.6 Å². The number of ether oxygens (including phenoxy) is 2. The van der Waals surface area contributed by atoms with Crippen molar-refractivity contribution in [3.63, 3.8) is 0 Å². The number of hydrogen-bond donors (Lipinski definition) is 2. The zero-order valence-electron chi connectivity index (χ0n) is 12.2. The van der Waals surface area contributed by atoms with Gasteiger partial charge in [0.25, 0.3) is 0 Å². The number of esters is 1. The van der Waals surface area contributed by atoms with Crippen molar-refractivity contribution < 1.29 is 19.1 Å². The fourth-order valence-electron chi connectivity index (χ4n) is 2.08. The summed E-state index contributed by atoms with van der Waals surface area (Å²) in [6.07, 6.45) is 0. The maximum absolute atomic E-state index is 12.3. The average molecular weight is 310 g/mol. The predicted molar refractivity (Wildman–Crippen MR) is 79.0 cm³/mol. The van der Waals surface area contributed by atoms with E-state index < -0.39 is 12.0 Å². The second kappa shape index (κ2) is 6.73. The summed E-state index contributed by atoms with van der Waals surface area (Å²) in [5.74, 6) is -0.451. The Morgan fingerprint density at radius 2 is 2.10 bits per heavy atom. The van der Waals surface area contributed by atoms with Crippen LogP contribution in [0.25, 0.3) is 0 Å². The molecule has 0 fully saturated rings. The maximum atomic E-state index is 12.3. The topological polar surface area (TPSA) is 76.7 Å². The Bertz CT molecular complexity index is 579. The number of amides is 2. The first-order valence-corrected chi connectivity index (χ1v) is 7.35. The van der Waals surface area contributed by atoms with Crippen LogP contribution in [-0.2, 0) is 14.3 Å². The van der Waals surface area contributed by atoms with E-state index in [2.05, 4.69) is 10.6 Å².